The zero-order chi connectivity index (χ0) is 24.6. The first-order chi connectivity index (χ1) is 17.4. The molecule has 8 rings (SSSR count). The number of anilines is 1. The first-order valence-corrected chi connectivity index (χ1v) is 13.9. The van der Waals surface area contributed by atoms with E-state index in [1.165, 1.54) is 19.3 Å². The minimum Gasteiger partial charge on any atom is -0.393 e. The average molecular weight is 505 g/mol. The van der Waals surface area contributed by atoms with E-state index in [2.05, 4.69) is 9.47 Å². The lowest BCUT2D eigenvalue weighted by Gasteiger charge is -2.57. The van der Waals surface area contributed by atoms with Crippen molar-refractivity contribution in [3.63, 3.8) is 0 Å². The lowest BCUT2D eigenvalue weighted by Crippen LogP contribution is -2.55. The van der Waals surface area contributed by atoms with Gasteiger partial charge in [-0.05, 0) is 87.7 Å². The minimum absolute atomic E-state index is 0.0359. The van der Waals surface area contributed by atoms with Crippen molar-refractivity contribution in [1.29, 1.82) is 0 Å². The van der Waals surface area contributed by atoms with Crippen LogP contribution in [0.15, 0.2) is 35.3 Å². The fourth-order valence-corrected chi connectivity index (χ4v) is 8.51. The maximum Gasteiger partial charge on any atom is 0.260 e. The summed E-state index contributed by atoms with van der Waals surface area (Å²) < 4.78 is 2.10. The summed E-state index contributed by atoms with van der Waals surface area (Å²) in [6.45, 7) is 3.46. The molecule has 5 aliphatic rings. The van der Waals surface area contributed by atoms with Crippen LogP contribution < -0.4 is 10.5 Å². The molecule has 6 nitrogen and oxygen atoms in total. The number of nitrogens with zero attached hydrogens (tertiary/aromatic N) is 4. The summed E-state index contributed by atoms with van der Waals surface area (Å²) in [4.78, 5) is 26.6. The number of fused-ring (bicyclic) bond motifs is 1. The highest BCUT2D eigenvalue weighted by atomic mass is 35.5. The van der Waals surface area contributed by atoms with Crippen molar-refractivity contribution in [2.24, 2.45) is 17.8 Å². The quantitative estimate of drug-likeness (QED) is 0.523. The van der Waals surface area contributed by atoms with Crippen LogP contribution in [-0.4, -0.2) is 38.8 Å². The topological polar surface area (TPSA) is 71.2 Å². The van der Waals surface area contributed by atoms with E-state index in [4.69, 9.17) is 21.6 Å². The van der Waals surface area contributed by atoms with Gasteiger partial charge in [-0.1, -0.05) is 29.8 Å². The Hall–Kier alpha value is -2.44. The van der Waals surface area contributed by atoms with Crippen LogP contribution >= 0.6 is 11.6 Å². The summed E-state index contributed by atoms with van der Waals surface area (Å²) in [6, 6.07) is 7.67. The maximum atomic E-state index is 14.6. The van der Waals surface area contributed by atoms with Crippen molar-refractivity contribution in [2.45, 2.75) is 69.9 Å². The van der Waals surface area contributed by atoms with Crippen LogP contribution in [-0.2, 0) is 5.54 Å². The number of aliphatic hydroxyl groups excluding tert-OH is 1. The highest BCUT2D eigenvalue weighted by Crippen LogP contribution is 2.59. The molecule has 1 saturated heterocycles. The molecule has 4 saturated carbocycles. The van der Waals surface area contributed by atoms with Crippen LogP contribution in [0, 0.1) is 24.7 Å². The van der Waals surface area contributed by atoms with Crippen LogP contribution in [0.4, 0.5) is 5.95 Å². The largest absolute Gasteiger partial charge is 0.393 e. The van der Waals surface area contributed by atoms with E-state index in [1.807, 2.05) is 37.4 Å². The Morgan fingerprint density at radius 1 is 1.03 bits per heavy atom. The van der Waals surface area contributed by atoms with Crippen molar-refractivity contribution in [3.05, 3.63) is 51.4 Å². The van der Waals surface area contributed by atoms with Crippen molar-refractivity contribution < 1.29 is 5.11 Å². The molecule has 3 heterocycles. The third-order valence-corrected chi connectivity index (χ3v) is 9.86. The van der Waals surface area contributed by atoms with Gasteiger partial charge in [-0.2, -0.15) is 4.98 Å². The van der Waals surface area contributed by atoms with Crippen molar-refractivity contribution in [2.75, 3.05) is 18.0 Å². The summed E-state index contributed by atoms with van der Waals surface area (Å²) in [5.41, 5.74) is 2.99. The second-order valence-electron chi connectivity index (χ2n) is 11.9. The summed E-state index contributed by atoms with van der Waals surface area (Å²) in [6.07, 6.45) is 10.2. The van der Waals surface area contributed by atoms with E-state index in [1.54, 1.807) is 0 Å². The third-order valence-electron chi connectivity index (χ3n) is 9.53. The molecule has 36 heavy (non-hydrogen) atoms. The molecule has 7 heteroatoms. The van der Waals surface area contributed by atoms with Gasteiger partial charge in [-0.25, -0.2) is 4.98 Å². The zero-order valence-corrected chi connectivity index (χ0v) is 21.5. The number of aliphatic hydroxyl groups is 1. The smallest absolute Gasteiger partial charge is 0.260 e. The summed E-state index contributed by atoms with van der Waals surface area (Å²) in [5, 5.41) is 11.5. The van der Waals surface area contributed by atoms with Gasteiger partial charge in [0.05, 0.1) is 17.2 Å². The molecule has 5 fully saturated rings. The molecular formula is C29H33ClN4O2. The molecule has 0 amide bonds. The number of pyridine rings is 1. The highest BCUT2D eigenvalue weighted by molar-refractivity contribution is 6.33. The molecule has 0 atom stereocenters. The van der Waals surface area contributed by atoms with Crippen molar-refractivity contribution in [1.82, 2.24) is 14.5 Å². The molecule has 2 aromatic heterocycles. The molecule has 0 unspecified atom stereocenters. The number of rotatable bonds is 3. The minimum atomic E-state index is -0.257. The maximum absolute atomic E-state index is 14.6. The number of hydrogen-bond donors (Lipinski definition) is 1. The predicted octanol–water partition coefficient (Wildman–Crippen LogP) is 5.31. The Morgan fingerprint density at radius 3 is 2.31 bits per heavy atom. The van der Waals surface area contributed by atoms with Crippen LogP contribution in [0.2, 0.25) is 5.02 Å². The Balaban J connectivity index is 1.49. The number of aryl methyl sites for hydroxylation is 1. The third kappa shape index (κ3) is 3.44. The van der Waals surface area contributed by atoms with Crippen LogP contribution in [0.3, 0.4) is 0 Å². The summed E-state index contributed by atoms with van der Waals surface area (Å²) >= 11 is 6.66. The van der Waals surface area contributed by atoms with Crippen LogP contribution in [0.5, 0.6) is 0 Å². The van der Waals surface area contributed by atoms with E-state index < -0.39 is 0 Å². The van der Waals surface area contributed by atoms with E-state index in [0.29, 0.717) is 47.1 Å². The van der Waals surface area contributed by atoms with Gasteiger partial charge in [-0.3, -0.25) is 9.36 Å². The molecule has 0 radical (unpaired) electrons. The Kier molecular flexibility index (Phi) is 5.23. The van der Waals surface area contributed by atoms with Gasteiger partial charge in [0.25, 0.3) is 5.56 Å². The van der Waals surface area contributed by atoms with Gasteiger partial charge in [0, 0.05) is 35.3 Å². The van der Waals surface area contributed by atoms with E-state index in [-0.39, 0.29) is 17.2 Å². The molecule has 1 aliphatic heterocycles. The van der Waals surface area contributed by atoms with Crippen molar-refractivity contribution in [3.8, 4) is 11.1 Å². The Labute approximate surface area is 216 Å². The van der Waals surface area contributed by atoms with Gasteiger partial charge in [0.15, 0.2) is 0 Å². The number of benzene rings is 1. The first-order valence-electron chi connectivity index (χ1n) is 13.5. The zero-order valence-electron chi connectivity index (χ0n) is 20.8. The second-order valence-corrected chi connectivity index (χ2v) is 12.3. The summed E-state index contributed by atoms with van der Waals surface area (Å²) in [5.74, 6) is 2.77. The van der Waals surface area contributed by atoms with E-state index in [9.17, 15) is 9.90 Å². The van der Waals surface area contributed by atoms with Gasteiger partial charge in [-0.15, -0.1) is 0 Å². The highest BCUT2D eigenvalue weighted by Gasteiger charge is 2.53. The molecule has 4 aliphatic carbocycles. The fourth-order valence-electron chi connectivity index (χ4n) is 8.28. The fraction of sp³-hybridized carbons (Fsp3) is 0.552. The number of halogens is 1. The standard InChI is InChI=1S/C29H33ClN4O2/c1-17-23-16-31-28(33-8-6-21(35)7-9-33)32-26(23)34(27(36)25(17)22-4-2-3-5-24(22)30)29-13-18-10-19(14-29)12-20(11-18)15-29/h2-5,16,18-21,35H,6-15H2,1H3. The second kappa shape index (κ2) is 8.29. The molecule has 4 bridgehead atoms. The van der Waals surface area contributed by atoms with E-state index in [0.717, 1.165) is 54.5 Å². The molecule has 1 N–H and O–H groups in total. The normalized spacial score (nSPS) is 29.9. The van der Waals surface area contributed by atoms with Gasteiger partial charge < -0.3 is 10.0 Å². The van der Waals surface area contributed by atoms with Gasteiger partial charge in [0.1, 0.15) is 5.65 Å². The molecule has 0 spiro atoms. The Morgan fingerprint density at radius 2 is 1.67 bits per heavy atom. The van der Waals surface area contributed by atoms with E-state index >= 15 is 0 Å². The molecular weight excluding hydrogens is 472 g/mol. The average Bonchev–Trinajstić information content (AvgIpc) is 2.84. The lowest BCUT2D eigenvalue weighted by atomic mass is 9.53. The lowest BCUT2D eigenvalue weighted by molar-refractivity contribution is -0.0426. The SMILES string of the molecule is Cc1c(-c2ccccc2Cl)c(=O)n(C23CC4CC(CC(C4)C2)C3)c2nc(N3CCC(O)CC3)ncc12. The predicted molar refractivity (Wildman–Crippen MR) is 143 cm³/mol. The molecule has 1 aromatic carbocycles. The van der Waals surface area contributed by atoms with Crippen molar-refractivity contribution >= 4 is 28.6 Å². The molecule has 3 aromatic rings. The monoisotopic (exact) mass is 504 g/mol. The number of piperidine rings is 1. The Bertz CT molecular complexity index is 1370. The number of hydrogen-bond acceptors (Lipinski definition) is 5. The number of aromatic nitrogens is 3. The molecule has 188 valence electrons. The first kappa shape index (κ1) is 22.7. The van der Waals surface area contributed by atoms with Crippen LogP contribution in [0.25, 0.3) is 22.2 Å². The van der Waals surface area contributed by atoms with Gasteiger partial charge in [0.2, 0.25) is 5.95 Å². The summed E-state index contributed by atoms with van der Waals surface area (Å²) in [7, 11) is 0. The van der Waals surface area contributed by atoms with Gasteiger partial charge >= 0.3 is 0 Å². The van der Waals surface area contributed by atoms with Crippen LogP contribution in [0.1, 0.15) is 56.9 Å².